The number of hydrogen-bond acceptors (Lipinski definition) is 4. The first kappa shape index (κ1) is 11.2. The lowest BCUT2D eigenvalue weighted by Gasteiger charge is -2.26. The van der Waals surface area contributed by atoms with E-state index in [9.17, 15) is 4.79 Å². The van der Waals surface area contributed by atoms with E-state index in [0.717, 1.165) is 5.76 Å². The molecule has 0 aromatic carbocycles. The van der Waals surface area contributed by atoms with E-state index in [1.54, 1.807) is 17.2 Å². The summed E-state index contributed by atoms with van der Waals surface area (Å²) in [7, 11) is 0. The van der Waals surface area contributed by atoms with Gasteiger partial charge in [0.1, 0.15) is 19.0 Å². The molecule has 0 spiro atoms. The van der Waals surface area contributed by atoms with Crippen molar-refractivity contribution in [3.8, 4) is 0 Å². The highest BCUT2D eigenvalue weighted by Crippen LogP contribution is 2.03. The Kier molecular flexibility index (Phi) is 3.96. The van der Waals surface area contributed by atoms with E-state index in [2.05, 4.69) is 0 Å². The fourth-order valence-corrected chi connectivity index (χ4v) is 1.54. The number of ether oxygens (including phenoxy) is 2. The molecule has 2 heterocycles. The molecule has 0 saturated carbocycles. The fourth-order valence-electron chi connectivity index (χ4n) is 1.54. The molecule has 0 N–H and O–H groups in total. The van der Waals surface area contributed by atoms with Crippen LogP contribution in [0.4, 0.5) is 0 Å². The minimum atomic E-state index is 0.00913. The minimum Gasteiger partial charge on any atom is -0.467 e. The van der Waals surface area contributed by atoms with Gasteiger partial charge >= 0.3 is 0 Å². The van der Waals surface area contributed by atoms with E-state index in [4.69, 9.17) is 13.9 Å². The number of rotatable bonds is 4. The number of nitrogens with zero attached hydrogens (tertiary/aromatic N) is 1. The highest BCUT2D eigenvalue weighted by Gasteiger charge is 2.16. The van der Waals surface area contributed by atoms with Crippen molar-refractivity contribution in [2.75, 3.05) is 32.9 Å². The predicted molar refractivity (Wildman–Crippen MR) is 55.8 cm³/mol. The third-order valence-corrected chi connectivity index (χ3v) is 2.41. The van der Waals surface area contributed by atoms with Gasteiger partial charge in [-0.1, -0.05) is 0 Å². The lowest BCUT2D eigenvalue weighted by molar-refractivity contribution is -0.140. The number of carbonyl (C=O) groups is 1. The van der Waals surface area contributed by atoms with Crippen LogP contribution in [0.2, 0.25) is 0 Å². The molecule has 0 aliphatic carbocycles. The molecule has 1 aliphatic heterocycles. The Hall–Kier alpha value is -1.33. The van der Waals surface area contributed by atoms with Gasteiger partial charge < -0.3 is 18.8 Å². The van der Waals surface area contributed by atoms with Gasteiger partial charge in [-0.3, -0.25) is 4.79 Å². The zero-order valence-electron chi connectivity index (χ0n) is 9.05. The number of amides is 1. The van der Waals surface area contributed by atoms with Crippen molar-refractivity contribution in [2.24, 2.45) is 0 Å². The summed E-state index contributed by atoms with van der Waals surface area (Å²) in [5.41, 5.74) is 0. The molecule has 1 saturated heterocycles. The van der Waals surface area contributed by atoms with Crippen molar-refractivity contribution in [3.63, 3.8) is 0 Å². The Bertz CT molecular complexity index is 317. The van der Waals surface area contributed by atoms with E-state index < -0.39 is 0 Å². The van der Waals surface area contributed by atoms with Crippen LogP contribution in [0.5, 0.6) is 0 Å². The molecule has 5 nitrogen and oxygen atoms in total. The second kappa shape index (κ2) is 5.67. The van der Waals surface area contributed by atoms with E-state index >= 15 is 0 Å². The average molecular weight is 225 g/mol. The Labute approximate surface area is 93.9 Å². The van der Waals surface area contributed by atoms with E-state index in [1.807, 2.05) is 6.07 Å². The Morgan fingerprint density at radius 1 is 1.44 bits per heavy atom. The summed E-state index contributed by atoms with van der Waals surface area (Å²) in [5.74, 6) is 0.740. The quantitative estimate of drug-likeness (QED) is 0.755. The summed E-state index contributed by atoms with van der Waals surface area (Å²) in [5, 5.41) is 0. The summed E-state index contributed by atoms with van der Waals surface area (Å²) in [4.78, 5) is 13.4. The second-order valence-electron chi connectivity index (χ2n) is 3.57. The topological polar surface area (TPSA) is 51.9 Å². The van der Waals surface area contributed by atoms with Gasteiger partial charge in [-0.25, -0.2) is 0 Å². The highest BCUT2D eigenvalue weighted by atomic mass is 16.5. The zero-order valence-corrected chi connectivity index (χ0v) is 9.05. The van der Waals surface area contributed by atoms with Crippen molar-refractivity contribution in [2.45, 2.75) is 6.61 Å². The van der Waals surface area contributed by atoms with Gasteiger partial charge in [-0.15, -0.1) is 0 Å². The third kappa shape index (κ3) is 3.08. The van der Waals surface area contributed by atoms with Gasteiger partial charge in [0, 0.05) is 13.1 Å². The van der Waals surface area contributed by atoms with Crippen LogP contribution in [-0.4, -0.2) is 43.7 Å². The minimum absolute atomic E-state index is 0.00913. The molecule has 0 radical (unpaired) electrons. The molecule has 88 valence electrons. The molecular weight excluding hydrogens is 210 g/mol. The Morgan fingerprint density at radius 2 is 2.25 bits per heavy atom. The normalized spacial score (nSPS) is 16.4. The van der Waals surface area contributed by atoms with Crippen LogP contribution in [0.1, 0.15) is 5.76 Å². The smallest absolute Gasteiger partial charge is 0.248 e. The molecule has 0 atom stereocenters. The first-order chi connectivity index (χ1) is 7.86. The molecule has 2 rings (SSSR count). The maximum atomic E-state index is 11.6. The van der Waals surface area contributed by atoms with Gasteiger partial charge in [0.2, 0.25) is 5.91 Å². The van der Waals surface area contributed by atoms with Gasteiger partial charge in [-0.05, 0) is 12.1 Å². The maximum Gasteiger partial charge on any atom is 0.248 e. The first-order valence-corrected chi connectivity index (χ1v) is 5.32. The molecule has 1 aromatic heterocycles. The molecule has 5 heteroatoms. The summed E-state index contributed by atoms with van der Waals surface area (Å²) in [6.07, 6.45) is 1.59. The van der Waals surface area contributed by atoms with Crippen LogP contribution in [-0.2, 0) is 20.9 Å². The lowest BCUT2D eigenvalue weighted by Crippen LogP contribution is -2.42. The SMILES string of the molecule is O=C(COCc1ccco1)N1CCOCC1. The van der Waals surface area contributed by atoms with Crippen molar-refractivity contribution in [3.05, 3.63) is 24.2 Å². The molecule has 16 heavy (non-hydrogen) atoms. The molecule has 1 aromatic rings. The van der Waals surface area contributed by atoms with Crippen LogP contribution in [0.3, 0.4) is 0 Å². The highest BCUT2D eigenvalue weighted by molar-refractivity contribution is 5.77. The summed E-state index contributed by atoms with van der Waals surface area (Å²) in [6, 6.07) is 3.61. The van der Waals surface area contributed by atoms with Gasteiger partial charge in [0.25, 0.3) is 0 Å². The first-order valence-electron chi connectivity index (χ1n) is 5.32. The van der Waals surface area contributed by atoms with Crippen molar-refractivity contribution < 1.29 is 18.7 Å². The fraction of sp³-hybridized carbons (Fsp3) is 0.545. The molecule has 1 fully saturated rings. The predicted octanol–water partition coefficient (Wildman–Crippen LogP) is 0.655. The molecule has 0 unspecified atom stereocenters. The van der Waals surface area contributed by atoms with Gasteiger partial charge in [0.05, 0.1) is 19.5 Å². The summed E-state index contributed by atoms with van der Waals surface area (Å²) in [6.45, 7) is 2.98. The van der Waals surface area contributed by atoms with Crippen LogP contribution in [0.15, 0.2) is 22.8 Å². The van der Waals surface area contributed by atoms with Gasteiger partial charge in [-0.2, -0.15) is 0 Å². The molecule has 0 bridgehead atoms. The largest absolute Gasteiger partial charge is 0.467 e. The number of furan rings is 1. The maximum absolute atomic E-state index is 11.6. The van der Waals surface area contributed by atoms with E-state index in [0.29, 0.717) is 32.9 Å². The summed E-state index contributed by atoms with van der Waals surface area (Å²) < 4.78 is 15.5. The Morgan fingerprint density at radius 3 is 2.94 bits per heavy atom. The van der Waals surface area contributed by atoms with Crippen LogP contribution in [0, 0.1) is 0 Å². The second-order valence-corrected chi connectivity index (χ2v) is 3.57. The van der Waals surface area contributed by atoms with Crippen LogP contribution < -0.4 is 0 Å². The van der Waals surface area contributed by atoms with E-state index in [-0.39, 0.29) is 12.5 Å². The zero-order chi connectivity index (χ0) is 11.2. The number of carbonyl (C=O) groups excluding carboxylic acids is 1. The monoisotopic (exact) mass is 225 g/mol. The van der Waals surface area contributed by atoms with Crippen LogP contribution in [0.25, 0.3) is 0 Å². The van der Waals surface area contributed by atoms with Crippen molar-refractivity contribution in [1.29, 1.82) is 0 Å². The summed E-state index contributed by atoms with van der Waals surface area (Å²) >= 11 is 0. The molecule has 1 amide bonds. The third-order valence-electron chi connectivity index (χ3n) is 2.41. The van der Waals surface area contributed by atoms with Gasteiger partial charge in [0.15, 0.2) is 0 Å². The van der Waals surface area contributed by atoms with Crippen LogP contribution >= 0.6 is 0 Å². The average Bonchev–Trinajstić information content (AvgIpc) is 2.83. The van der Waals surface area contributed by atoms with E-state index in [1.165, 1.54) is 0 Å². The van der Waals surface area contributed by atoms with Crippen molar-refractivity contribution in [1.82, 2.24) is 4.90 Å². The Balaban J connectivity index is 1.67. The van der Waals surface area contributed by atoms with Crippen molar-refractivity contribution >= 4 is 5.91 Å². The number of hydrogen-bond donors (Lipinski definition) is 0. The lowest BCUT2D eigenvalue weighted by atomic mass is 10.4. The number of morpholine rings is 1. The molecular formula is C11H15NO4. The standard InChI is InChI=1S/C11H15NO4/c13-11(12-3-6-14-7-4-12)9-15-8-10-2-1-5-16-10/h1-2,5H,3-4,6-9H2. The molecule has 1 aliphatic rings.